The van der Waals surface area contributed by atoms with Crippen molar-refractivity contribution >= 4 is 52.4 Å². The van der Waals surface area contributed by atoms with Gasteiger partial charge in [-0.15, -0.1) is 0 Å². The molecule has 0 radical (unpaired) electrons. The highest BCUT2D eigenvalue weighted by Gasteiger charge is 2.30. The number of anilines is 1. The van der Waals surface area contributed by atoms with Crippen LogP contribution in [0.5, 0.6) is 11.5 Å². The number of ether oxygens (including phenoxy) is 1. The van der Waals surface area contributed by atoms with E-state index in [4.69, 9.17) is 39.5 Å². The highest BCUT2D eigenvalue weighted by Crippen LogP contribution is 2.41. The van der Waals surface area contributed by atoms with Crippen molar-refractivity contribution in [3.05, 3.63) is 81.3 Å². The average Bonchev–Trinajstić information content (AvgIpc) is 2.75. The summed E-state index contributed by atoms with van der Waals surface area (Å²) >= 11 is 20.4. The van der Waals surface area contributed by atoms with E-state index in [0.717, 1.165) is 41.5 Å². The van der Waals surface area contributed by atoms with E-state index >= 15 is 0 Å². The van der Waals surface area contributed by atoms with Crippen LogP contribution in [0.4, 0.5) is 5.69 Å². The zero-order valence-electron chi connectivity index (χ0n) is 16.8. The van der Waals surface area contributed by atoms with Crippen molar-refractivity contribution in [1.82, 2.24) is 4.31 Å². The molecule has 1 unspecified atom stereocenters. The second-order valence-corrected chi connectivity index (χ2v) is 9.59. The maximum absolute atomic E-state index is 9.93. The highest BCUT2D eigenvalue weighted by atomic mass is 35.5. The van der Waals surface area contributed by atoms with Gasteiger partial charge in [-0.2, -0.15) is 0 Å². The lowest BCUT2D eigenvalue weighted by atomic mass is 10.0. The molecule has 0 amide bonds. The second kappa shape index (κ2) is 9.80. The van der Waals surface area contributed by atoms with Crippen LogP contribution in [-0.4, -0.2) is 36.2 Å². The van der Waals surface area contributed by atoms with E-state index in [0.29, 0.717) is 15.1 Å². The molecule has 1 saturated heterocycles. The summed E-state index contributed by atoms with van der Waals surface area (Å²) in [5, 5.41) is 11.9. The zero-order valence-corrected chi connectivity index (χ0v) is 19.8. The van der Waals surface area contributed by atoms with Gasteiger partial charge in [0.15, 0.2) is 0 Å². The Bertz CT molecular complexity index is 1070. The predicted molar refractivity (Wildman–Crippen MR) is 130 cm³/mol. The number of phenolic OH excluding ortho intramolecular Hbond substituents is 1. The molecule has 1 aliphatic rings. The Morgan fingerprint density at radius 1 is 0.935 bits per heavy atom. The first-order valence-corrected chi connectivity index (χ1v) is 11.6. The molecule has 8 heteroatoms. The van der Waals surface area contributed by atoms with E-state index in [1.165, 1.54) is 0 Å². The lowest BCUT2D eigenvalue weighted by Gasteiger charge is -2.43. The van der Waals surface area contributed by atoms with Gasteiger partial charge in [0, 0.05) is 29.7 Å². The largest absolute Gasteiger partial charge is 0.508 e. The van der Waals surface area contributed by atoms with Crippen molar-refractivity contribution in [3.8, 4) is 11.5 Å². The summed E-state index contributed by atoms with van der Waals surface area (Å²) in [6.07, 6.45) is 0. The van der Waals surface area contributed by atoms with Crippen molar-refractivity contribution in [3.63, 3.8) is 0 Å². The first-order valence-electron chi connectivity index (χ1n) is 9.71. The molecule has 1 atom stereocenters. The minimum atomic E-state index is 0.0560. The van der Waals surface area contributed by atoms with Gasteiger partial charge < -0.3 is 14.7 Å². The molecule has 3 aromatic carbocycles. The number of nitrogens with zero attached hydrogens (tertiary/aromatic N) is 2. The molecular weight excluding hydrogens is 475 g/mol. The summed E-state index contributed by atoms with van der Waals surface area (Å²) in [6.45, 7) is 2.30. The smallest absolute Gasteiger partial charge is 0.134 e. The molecule has 31 heavy (non-hydrogen) atoms. The third-order valence-corrected chi connectivity index (χ3v) is 7.09. The van der Waals surface area contributed by atoms with Crippen LogP contribution < -0.4 is 9.64 Å². The maximum atomic E-state index is 9.93. The van der Waals surface area contributed by atoms with Crippen LogP contribution in [0.2, 0.25) is 15.1 Å². The number of aromatic hydroxyl groups is 1. The number of phenols is 1. The molecule has 1 heterocycles. The fourth-order valence-corrected chi connectivity index (χ4v) is 5.41. The average molecular weight is 496 g/mol. The Balaban J connectivity index is 1.64. The van der Waals surface area contributed by atoms with Gasteiger partial charge in [0.05, 0.1) is 28.8 Å². The van der Waals surface area contributed by atoms with Gasteiger partial charge in [-0.1, -0.05) is 46.9 Å². The van der Waals surface area contributed by atoms with Crippen LogP contribution in [0.1, 0.15) is 11.6 Å². The molecule has 0 spiro atoms. The van der Waals surface area contributed by atoms with Gasteiger partial charge in [-0.05, 0) is 66.0 Å². The summed E-state index contributed by atoms with van der Waals surface area (Å²) in [5.41, 5.74) is 2.09. The number of hydrogen-bond donors (Lipinski definition) is 1. The van der Waals surface area contributed by atoms with Gasteiger partial charge in [-0.25, -0.2) is 4.31 Å². The van der Waals surface area contributed by atoms with Crippen molar-refractivity contribution in [1.29, 1.82) is 0 Å². The number of benzene rings is 3. The molecule has 4 nitrogen and oxygen atoms in total. The molecule has 0 bridgehead atoms. The molecule has 0 aromatic heterocycles. The molecule has 1 N–H and O–H groups in total. The minimum Gasteiger partial charge on any atom is -0.508 e. The van der Waals surface area contributed by atoms with Crippen molar-refractivity contribution < 1.29 is 9.84 Å². The fraction of sp³-hybridized carbons (Fsp3) is 0.217. The summed E-state index contributed by atoms with van der Waals surface area (Å²) in [4.78, 5) is 3.17. The van der Waals surface area contributed by atoms with Gasteiger partial charge >= 0.3 is 0 Å². The van der Waals surface area contributed by atoms with Crippen LogP contribution in [0, 0.1) is 0 Å². The Labute approximate surface area is 201 Å². The maximum Gasteiger partial charge on any atom is 0.134 e. The van der Waals surface area contributed by atoms with Crippen LogP contribution in [0.25, 0.3) is 0 Å². The topological polar surface area (TPSA) is 35.9 Å². The Morgan fingerprint density at radius 2 is 1.68 bits per heavy atom. The summed E-state index contributed by atoms with van der Waals surface area (Å²) in [6, 6.07) is 18.7. The SMILES string of the molecule is COc1ccc(O)cc1SN1CCN(c2ccc(Cl)cc2Cl)C(c2ccc(Cl)cc2)C1. The molecular formula is C23H21Cl3N2O2S. The fourth-order valence-electron chi connectivity index (χ4n) is 3.69. The third kappa shape index (κ3) is 5.18. The number of halogens is 3. The summed E-state index contributed by atoms with van der Waals surface area (Å²) < 4.78 is 7.74. The van der Waals surface area contributed by atoms with E-state index in [1.54, 1.807) is 43.3 Å². The highest BCUT2D eigenvalue weighted by molar-refractivity contribution is 7.97. The number of rotatable bonds is 5. The van der Waals surface area contributed by atoms with E-state index in [-0.39, 0.29) is 11.8 Å². The van der Waals surface area contributed by atoms with E-state index in [1.807, 2.05) is 36.4 Å². The Morgan fingerprint density at radius 3 is 2.39 bits per heavy atom. The monoisotopic (exact) mass is 494 g/mol. The zero-order chi connectivity index (χ0) is 22.0. The van der Waals surface area contributed by atoms with Crippen LogP contribution in [-0.2, 0) is 0 Å². The van der Waals surface area contributed by atoms with E-state index in [9.17, 15) is 5.11 Å². The van der Waals surface area contributed by atoms with Gasteiger partial charge in [0.1, 0.15) is 11.5 Å². The standard InChI is InChI=1S/C23H21Cl3N2O2S/c1-30-22-9-7-18(29)13-23(22)31-27-10-11-28(20-8-6-17(25)12-19(20)26)21(14-27)15-2-4-16(24)5-3-15/h2-9,12-13,21,29H,10-11,14H2,1H3. The predicted octanol–water partition coefficient (Wildman–Crippen LogP) is 6.93. The van der Waals surface area contributed by atoms with Crippen molar-refractivity contribution in [2.24, 2.45) is 0 Å². The third-order valence-electron chi connectivity index (χ3n) is 5.19. The molecule has 1 aliphatic heterocycles. The Kier molecular flexibility index (Phi) is 7.09. The van der Waals surface area contributed by atoms with E-state index < -0.39 is 0 Å². The Hall–Kier alpha value is -1.76. The lowest BCUT2D eigenvalue weighted by molar-refractivity contribution is 0.363. The molecule has 0 saturated carbocycles. The lowest BCUT2D eigenvalue weighted by Crippen LogP contribution is -2.46. The van der Waals surface area contributed by atoms with Gasteiger partial charge in [-0.3, -0.25) is 0 Å². The quantitative estimate of drug-likeness (QED) is 0.388. The van der Waals surface area contributed by atoms with Crippen LogP contribution in [0.15, 0.2) is 65.6 Å². The van der Waals surface area contributed by atoms with E-state index in [2.05, 4.69) is 9.21 Å². The summed E-state index contributed by atoms with van der Waals surface area (Å²) in [7, 11) is 1.63. The first-order chi connectivity index (χ1) is 14.9. The molecule has 3 aromatic rings. The normalized spacial score (nSPS) is 17.0. The summed E-state index contributed by atoms with van der Waals surface area (Å²) in [5.74, 6) is 0.943. The molecule has 1 fully saturated rings. The second-order valence-electron chi connectivity index (χ2n) is 7.17. The van der Waals surface area contributed by atoms with Crippen molar-refractivity contribution in [2.75, 3.05) is 31.6 Å². The molecule has 0 aliphatic carbocycles. The van der Waals surface area contributed by atoms with Gasteiger partial charge in [0.2, 0.25) is 0 Å². The molecule has 162 valence electrons. The number of piperazine rings is 1. The first kappa shape index (κ1) is 22.4. The molecule has 4 rings (SSSR count). The van der Waals surface area contributed by atoms with Crippen LogP contribution >= 0.6 is 46.8 Å². The van der Waals surface area contributed by atoms with Crippen LogP contribution in [0.3, 0.4) is 0 Å². The minimum absolute atomic E-state index is 0.0560. The number of methoxy groups -OCH3 is 1. The van der Waals surface area contributed by atoms with Gasteiger partial charge in [0.25, 0.3) is 0 Å². The van der Waals surface area contributed by atoms with Crippen molar-refractivity contribution in [2.45, 2.75) is 10.9 Å². The number of hydrogen-bond acceptors (Lipinski definition) is 5.